The first kappa shape index (κ1) is 10.6. The van der Waals surface area contributed by atoms with Gasteiger partial charge in [0, 0.05) is 5.88 Å². The van der Waals surface area contributed by atoms with Crippen LogP contribution in [0, 0.1) is 0 Å². The summed E-state index contributed by atoms with van der Waals surface area (Å²) in [6.07, 6.45) is 2.63. The molecule has 0 saturated heterocycles. The Kier molecular flexibility index (Phi) is 7.36. The van der Waals surface area contributed by atoms with E-state index in [9.17, 15) is 4.79 Å². The minimum absolute atomic E-state index is 0.303. The van der Waals surface area contributed by atoms with E-state index >= 15 is 0 Å². The second kappa shape index (κ2) is 7.66. The summed E-state index contributed by atoms with van der Waals surface area (Å²) in [6, 6.07) is 0. The van der Waals surface area contributed by atoms with Crippen LogP contribution in [0.15, 0.2) is 0 Å². The number of alkyl halides is 1. The van der Waals surface area contributed by atoms with Gasteiger partial charge in [0.05, 0.1) is 6.61 Å². The molecule has 3 nitrogen and oxygen atoms in total. The maximum Gasteiger partial charge on any atom is 0.505 e. The molecule has 0 aromatic rings. The molecule has 0 bridgehead atoms. The van der Waals surface area contributed by atoms with Gasteiger partial charge in [-0.2, -0.15) is 0 Å². The first-order valence-corrected chi connectivity index (χ1v) is 4.22. The van der Waals surface area contributed by atoms with Crippen molar-refractivity contribution in [3.8, 4) is 0 Å². The Morgan fingerprint density at radius 2 is 1.91 bits per heavy atom. The zero-order valence-electron chi connectivity index (χ0n) is 6.38. The van der Waals surface area contributed by atoms with Crippen molar-refractivity contribution in [3.05, 3.63) is 0 Å². The van der Waals surface area contributed by atoms with Gasteiger partial charge < -0.3 is 9.84 Å². The lowest BCUT2D eigenvalue weighted by atomic mass is 10.2. The molecule has 0 spiro atoms. The molecule has 0 radical (unpaired) electrons. The van der Waals surface area contributed by atoms with E-state index in [2.05, 4.69) is 4.74 Å². The van der Waals surface area contributed by atoms with Crippen molar-refractivity contribution in [1.82, 2.24) is 0 Å². The minimum Gasteiger partial charge on any atom is -0.450 e. The number of unbranched alkanes of at least 4 members (excludes halogenated alkanes) is 3. The van der Waals surface area contributed by atoms with E-state index in [4.69, 9.17) is 16.7 Å². The quantitative estimate of drug-likeness (QED) is 0.388. The van der Waals surface area contributed by atoms with E-state index in [1.54, 1.807) is 0 Å². The molecule has 0 amide bonds. The van der Waals surface area contributed by atoms with Gasteiger partial charge in [-0.1, -0.05) is 12.8 Å². The fourth-order valence-corrected chi connectivity index (χ4v) is 0.899. The number of carboxylic acid groups (broad SMARTS) is 1. The lowest BCUT2D eigenvalue weighted by molar-refractivity contribution is 0.0900. The lowest BCUT2D eigenvalue weighted by Crippen LogP contribution is -2.01. The summed E-state index contributed by atoms with van der Waals surface area (Å²) in [7, 11) is 0. The second-order valence-corrected chi connectivity index (χ2v) is 2.60. The SMILES string of the molecule is O=C(O)OCCCCCCCl. The monoisotopic (exact) mass is 180 g/mol. The van der Waals surface area contributed by atoms with Gasteiger partial charge in [-0.05, 0) is 12.8 Å². The highest BCUT2D eigenvalue weighted by Gasteiger charge is 1.94. The average molecular weight is 181 g/mol. The Hall–Kier alpha value is -0.440. The van der Waals surface area contributed by atoms with E-state index < -0.39 is 6.16 Å². The van der Waals surface area contributed by atoms with Crippen LogP contribution in [-0.4, -0.2) is 23.7 Å². The van der Waals surface area contributed by atoms with Gasteiger partial charge in [-0.25, -0.2) is 4.79 Å². The Balaban J connectivity index is 2.85. The van der Waals surface area contributed by atoms with Gasteiger partial charge in [-0.3, -0.25) is 0 Å². The number of carbonyl (C=O) groups is 1. The van der Waals surface area contributed by atoms with Crippen LogP contribution in [-0.2, 0) is 4.74 Å². The third kappa shape index (κ3) is 9.56. The molecule has 0 rings (SSSR count). The minimum atomic E-state index is -1.19. The number of ether oxygens (including phenoxy) is 1. The third-order valence-corrected chi connectivity index (χ3v) is 1.52. The van der Waals surface area contributed by atoms with Gasteiger partial charge in [-0.15, -0.1) is 11.6 Å². The molecule has 0 aliphatic carbocycles. The zero-order valence-corrected chi connectivity index (χ0v) is 7.14. The highest BCUT2D eigenvalue weighted by molar-refractivity contribution is 6.17. The fraction of sp³-hybridized carbons (Fsp3) is 0.857. The molecule has 0 saturated carbocycles. The fourth-order valence-electron chi connectivity index (χ4n) is 0.710. The van der Waals surface area contributed by atoms with E-state index in [1.165, 1.54) is 0 Å². The summed E-state index contributed by atoms with van der Waals surface area (Å²) in [5.41, 5.74) is 0. The Bertz CT molecular complexity index is 106. The molecule has 1 N–H and O–H groups in total. The summed E-state index contributed by atoms with van der Waals surface area (Å²) in [4.78, 5) is 9.84. The maximum absolute atomic E-state index is 9.84. The molecule has 0 aliphatic rings. The van der Waals surface area contributed by atoms with Crippen LogP contribution >= 0.6 is 11.6 Å². The molecule has 4 heteroatoms. The topological polar surface area (TPSA) is 46.5 Å². The summed E-state index contributed by atoms with van der Waals surface area (Å²) < 4.78 is 4.31. The normalized spacial score (nSPS) is 9.55. The molecule has 11 heavy (non-hydrogen) atoms. The van der Waals surface area contributed by atoms with Gasteiger partial charge in [0.25, 0.3) is 0 Å². The molecule has 0 aliphatic heterocycles. The van der Waals surface area contributed by atoms with Crippen molar-refractivity contribution in [2.45, 2.75) is 25.7 Å². The van der Waals surface area contributed by atoms with Crippen molar-refractivity contribution >= 4 is 17.8 Å². The third-order valence-electron chi connectivity index (χ3n) is 1.25. The van der Waals surface area contributed by atoms with Crippen molar-refractivity contribution in [2.75, 3.05) is 12.5 Å². The van der Waals surface area contributed by atoms with Crippen molar-refractivity contribution in [3.63, 3.8) is 0 Å². The van der Waals surface area contributed by atoms with Crippen molar-refractivity contribution in [2.24, 2.45) is 0 Å². The Morgan fingerprint density at radius 3 is 2.45 bits per heavy atom. The molecule has 0 aromatic heterocycles. The first-order valence-electron chi connectivity index (χ1n) is 3.69. The summed E-state index contributed by atoms with van der Waals surface area (Å²) in [5.74, 6) is 0.680. The van der Waals surface area contributed by atoms with Gasteiger partial charge >= 0.3 is 6.16 Å². The van der Waals surface area contributed by atoms with Crippen molar-refractivity contribution in [1.29, 1.82) is 0 Å². The van der Waals surface area contributed by atoms with E-state index in [0.717, 1.165) is 25.7 Å². The second-order valence-electron chi connectivity index (χ2n) is 2.22. The highest BCUT2D eigenvalue weighted by Crippen LogP contribution is 2.00. The largest absolute Gasteiger partial charge is 0.505 e. The predicted molar refractivity (Wildman–Crippen MR) is 43.2 cm³/mol. The standard InChI is InChI=1S/C7H13ClO3/c8-5-3-1-2-4-6-11-7(9)10/h1-6H2,(H,9,10). The zero-order chi connectivity index (χ0) is 8.53. The number of hydrogen-bond donors (Lipinski definition) is 1. The van der Waals surface area contributed by atoms with Crippen molar-refractivity contribution < 1.29 is 14.6 Å². The van der Waals surface area contributed by atoms with Crippen LogP contribution in [0.1, 0.15) is 25.7 Å². The van der Waals surface area contributed by atoms with E-state index in [1.807, 2.05) is 0 Å². The molecule has 66 valence electrons. The number of halogens is 1. The maximum atomic E-state index is 9.84. The highest BCUT2D eigenvalue weighted by atomic mass is 35.5. The van der Waals surface area contributed by atoms with Crippen LogP contribution in [0.4, 0.5) is 4.79 Å². The van der Waals surface area contributed by atoms with Gasteiger partial charge in [0.15, 0.2) is 0 Å². The molecule has 0 heterocycles. The van der Waals surface area contributed by atoms with Crippen LogP contribution in [0.2, 0.25) is 0 Å². The van der Waals surface area contributed by atoms with E-state index in [-0.39, 0.29) is 0 Å². The molecule has 0 atom stereocenters. The van der Waals surface area contributed by atoms with Gasteiger partial charge in [0.2, 0.25) is 0 Å². The molecule has 0 fully saturated rings. The number of rotatable bonds is 6. The average Bonchev–Trinajstić information content (AvgIpc) is 1.96. The molecular weight excluding hydrogens is 168 g/mol. The Morgan fingerprint density at radius 1 is 1.27 bits per heavy atom. The van der Waals surface area contributed by atoms with Crippen LogP contribution < -0.4 is 0 Å². The summed E-state index contributed by atoms with van der Waals surface area (Å²) in [5, 5.41) is 8.07. The van der Waals surface area contributed by atoms with Crippen LogP contribution in [0.5, 0.6) is 0 Å². The molecular formula is C7H13ClO3. The summed E-state index contributed by atoms with van der Waals surface area (Å²) in [6.45, 7) is 0.303. The van der Waals surface area contributed by atoms with Crippen LogP contribution in [0.25, 0.3) is 0 Å². The first-order chi connectivity index (χ1) is 5.27. The predicted octanol–water partition coefficient (Wildman–Crippen LogP) is 2.48. The van der Waals surface area contributed by atoms with E-state index in [0.29, 0.717) is 12.5 Å². The molecule has 0 unspecified atom stereocenters. The Labute approximate surface area is 71.3 Å². The molecule has 0 aromatic carbocycles. The lowest BCUT2D eigenvalue weighted by Gasteiger charge is -1.98. The van der Waals surface area contributed by atoms with Crippen LogP contribution in [0.3, 0.4) is 0 Å². The summed E-state index contributed by atoms with van der Waals surface area (Å²) >= 11 is 5.44. The van der Waals surface area contributed by atoms with Gasteiger partial charge in [0.1, 0.15) is 0 Å². The smallest absolute Gasteiger partial charge is 0.450 e. The number of hydrogen-bond acceptors (Lipinski definition) is 2.